The van der Waals surface area contributed by atoms with E-state index < -0.39 is 0 Å². The number of H-pyrrole nitrogens is 1. The Hall–Kier alpha value is -1.74. The Morgan fingerprint density at radius 2 is 1.67 bits per heavy atom. The maximum absolute atomic E-state index is 4.67. The number of aromatic amines is 1. The second-order valence-electron chi connectivity index (χ2n) is 4.53. The molecular weight excluding hydrogens is 240 g/mol. The van der Waals surface area contributed by atoms with Crippen molar-refractivity contribution in [3.05, 3.63) is 47.5 Å². The number of para-hydroxylation sites is 1. The maximum Gasteiger partial charge on any atom is 0.139 e. The van der Waals surface area contributed by atoms with E-state index in [0.717, 1.165) is 21.8 Å². The molecule has 1 heterocycles. The summed E-state index contributed by atoms with van der Waals surface area (Å²) in [5.41, 5.74) is 5.60. The van der Waals surface area contributed by atoms with E-state index >= 15 is 0 Å². The highest BCUT2D eigenvalue weighted by atomic mass is 32.1. The largest absolute Gasteiger partial charge is 0.338 e. The van der Waals surface area contributed by atoms with Gasteiger partial charge in [-0.2, -0.15) is 0 Å². The summed E-state index contributed by atoms with van der Waals surface area (Å²) in [6.45, 7) is 4.22. The van der Waals surface area contributed by atoms with Crippen LogP contribution >= 0.6 is 12.6 Å². The SMILES string of the molecule is Cc1cccc(C)c1-c1nc2c(S)cccc2[nH]1. The van der Waals surface area contributed by atoms with Gasteiger partial charge in [-0.1, -0.05) is 24.3 Å². The molecule has 18 heavy (non-hydrogen) atoms. The summed E-state index contributed by atoms with van der Waals surface area (Å²) in [5, 5.41) is 0. The Bertz CT molecular complexity index is 708. The van der Waals surface area contributed by atoms with Crippen molar-refractivity contribution in [1.82, 2.24) is 9.97 Å². The molecule has 3 aromatic rings. The van der Waals surface area contributed by atoms with Gasteiger partial charge in [0.05, 0.1) is 5.52 Å². The molecule has 3 heteroatoms. The molecule has 3 rings (SSSR count). The van der Waals surface area contributed by atoms with Crippen LogP contribution in [0.25, 0.3) is 22.4 Å². The molecular formula is C15H14N2S. The van der Waals surface area contributed by atoms with Crippen LogP contribution in [0.2, 0.25) is 0 Å². The number of nitrogens with zero attached hydrogens (tertiary/aromatic N) is 1. The minimum atomic E-state index is 0.904. The normalized spacial score (nSPS) is 11.1. The van der Waals surface area contributed by atoms with Crippen LogP contribution < -0.4 is 0 Å². The number of thiol groups is 1. The first kappa shape index (κ1) is 11.4. The smallest absolute Gasteiger partial charge is 0.139 e. The van der Waals surface area contributed by atoms with Crippen molar-refractivity contribution >= 4 is 23.7 Å². The first-order chi connectivity index (χ1) is 8.66. The number of imidazole rings is 1. The number of hydrogen-bond donors (Lipinski definition) is 2. The monoisotopic (exact) mass is 254 g/mol. The lowest BCUT2D eigenvalue weighted by atomic mass is 10.0. The molecule has 0 fully saturated rings. The lowest BCUT2D eigenvalue weighted by Crippen LogP contribution is -1.89. The van der Waals surface area contributed by atoms with Crippen molar-refractivity contribution in [3.63, 3.8) is 0 Å². The summed E-state index contributed by atoms with van der Waals surface area (Å²) in [6, 6.07) is 12.3. The molecule has 0 saturated carbocycles. The van der Waals surface area contributed by atoms with E-state index in [2.05, 4.69) is 54.6 Å². The highest BCUT2D eigenvalue weighted by Crippen LogP contribution is 2.28. The summed E-state index contributed by atoms with van der Waals surface area (Å²) in [4.78, 5) is 8.95. The molecule has 2 aromatic carbocycles. The molecule has 0 spiro atoms. The van der Waals surface area contributed by atoms with Crippen molar-refractivity contribution in [2.24, 2.45) is 0 Å². The standard InChI is InChI=1S/C15H14N2S/c1-9-5-3-6-10(2)13(9)15-16-11-7-4-8-12(18)14(11)17-15/h3-8,18H,1-2H3,(H,16,17). The van der Waals surface area contributed by atoms with Crippen LogP contribution in [-0.4, -0.2) is 9.97 Å². The van der Waals surface area contributed by atoms with E-state index in [1.807, 2.05) is 18.2 Å². The number of fused-ring (bicyclic) bond motifs is 1. The van der Waals surface area contributed by atoms with Crippen LogP contribution in [-0.2, 0) is 0 Å². The first-order valence-corrected chi connectivity index (χ1v) is 6.36. The lowest BCUT2D eigenvalue weighted by Gasteiger charge is -2.05. The van der Waals surface area contributed by atoms with Crippen LogP contribution in [0.15, 0.2) is 41.3 Å². The van der Waals surface area contributed by atoms with Gasteiger partial charge in [-0.15, -0.1) is 12.6 Å². The van der Waals surface area contributed by atoms with Crippen molar-refractivity contribution in [2.75, 3.05) is 0 Å². The van der Waals surface area contributed by atoms with E-state index in [1.54, 1.807) is 0 Å². The van der Waals surface area contributed by atoms with Gasteiger partial charge in [0.15, 0.2) is 0 Å². The van der Waals surface area contributed by atoms with Gasteiger partial charge >= 0.3 is 0 Å². The lowest BCUT2D eigenvalue weighted by molar-refractivity contribution is 1.27. The molecule has 0 aliphatic carbocycles. The molecule has 0 aliphatic rings. The Morgan fingerprint density at radius 3 is 2.33 bits per heavy atom. The van der Waals surface area contributed by atoms with Gasteiger partial charge in [0.1, 0.15) is 11.3 Å². The van der Waals surface area contributed by atoms with E-state index in [9.17, 15) is 0 Å². The van der Waals surface area contributed by atoms with Gasteiger partial charge in [0.25, 0.3) is 0 Å². The van der Waals surface area contributed by atoms with Crippen LogP contribution in [0, 0.1) is 13.8 Å². The first-order valence-electron chi connectivity index (χ1n) is 5.91. The van der Waals surface area contributed by atoms with Gasteiger partial charge in [0, 0.05) is 10.5 Å². The van der Waals surface area contributed by atoms with Crippen molar-refractivity contribution in [1.29, 1.82) is 0 Å². The minimum absolute atomic E-state index is 0.904. The molecule has 0 bridgehead atoms. The number of rotatable bonds is 1. The van der Waals surface area contributed by atoms with Crippen LogP contribution in [0.5, 0.6) is 0 Å². The second kappa shape index (κ2) is 4.18. The number of aryl methyl sites for hydroxylation is 2. The second-order valence-corrected chi connectivity index (χ2v) is 5.01. The van der Waals surface area contributed by atoms with Crippen LogP contribution in [0.1, 0.15) is 11.1 Å². The predicted molar refractivity (Wildman–Crippen MR) is 78.3 cm³/mol. The number of benzene rings is 2. The van der Waals surface area contributed by atoms with Crippen molar-refractivity contribution < 1.29 is 0 Å². The fraction of sp³-hybridized carbons (Fsp3) is 0.133. The average Bonchev–Trinajstić information content (AvgIpc) is 2.74. The Balaban J connectivity index is 2.30. The highest BCUT2D eigenvalue weighted by Gasteiger charge is 2.11. The van der Waals surface area contributed by atoms with Gasteiger partial charge in [0.2, 0.25) is 0 Å². The summed E-state index contributed by atoms with van der Waals surface area (Å²) in [5.74, 6) is 0.919. The van der Waals surface area contributed by atoms with Gasteiger partial charge < -0.3 is 4.98 Å². The molecule has 2 nitrogen and oxygen atoms in total. The molecule has 0 unspecified atom stereocenters. The molecule has 0 saturated heterocycles. The van der Waals surface area contributed by atoms with Gasteiger partial charge in [-0.3, -0.25) is 0 Å². The Morgan fingerprint density at radius 1 is 1.00 bits per heavy atom. The van der Waals surface area contributed by atoms with E-state index in [-0.39, 0.29) is 0 Å². The Kier molecular flexibility index (Phi) is 2.63. The van der Waals surface area contributed by atoms with E-state index in [1.165, 1.54) is 16.7 Å². The third-order valence-electron chi connectivity index (χ3n) is 3.21. The summed E-state index contributed by atoms with van der Waals surface area (Å²) >= 11 is 4.45. The zero-order chi connectivity index (χ0) is 12.7. The van der Waals surface area contributed by atoms with E-state index in [4.69, 9.17) is 0 Å². The average molecular weight is 254 g/mol. The zero-order valence-electron chi connectivity index (χ0n) is 10.4. The molecule has 0 aliphatic heterocycles. The third kappa shape index (κ3) is 1.71. The summed E-state index contributed by atoms with van der Waals surface area (Å²) in [6.07, 6.45) is 0. The minimum Gasteiger partial charge on any atom is -0.338 e. The molecule has 0 radical (unpaired) electrons. The highest BCUT2D eigenvalue weighted by molar-refractivity contribution is 7.80. The van der Waals surface area contributed by atoms with Crippen LogP contribution in [0.4, 0.5) is 0 Å². The maximum atomic E-state index is 4.67. The fourth-order valence-corrected chi connectivity index (χ4v) is 2.58. The predicted octanol–water partition coefficient (Wildman–Crippen LogP) is 4.14. The van der Waals surface area contributed by atoms with Gasteiger partial charge in [-0.05, 0) is 37.1 Å². The molecule has 1 aromatic heterocycles. The fourth-order valence-electron chi connectivity index (χ4n) is 2.32. The zero-order valence-corrected chi connectivity index (χ0v) is 11.3. The molecule has 90 valence electrons. The number of hydrogen-bond acceptors (Lipinski definition) is 2. The summed E-state index contributed by atoms with van der Waals surface area (Å²) in [7, 11) is 0. The molecule has 0 atom stereocenters. The van der Waals surface area contributed by atoms with Crippen LogP contribution in [0.3, 0.4) is 0 Å². The van der Waals surface area contributed by atoms with E-state index in [0.29, 0.717) is 0 Å². The number of aromatic nitrogens is 2. The van der Waals surface area contributed by atoms with Crippen molar-refractivity contribution in [2.45, 2.75) is 18.7 Å². The third-order valence-corrected chi connectivity index (χ3v) is 3.57. The molecule has 0 amide bonds. The number of nitrogens with one attached hydrogen (secondary N) is 1. The molecule has 1 N–H and O–H groups in total. The Labute approximate surface area is 111 Å². The summed E-state index contributed by atoms with van der Waals surface area (Å²) < 4.78 is 0. The topological polar surface area (TPSA) is 28.7 Å². The van der Waals surface area contributed by atoms with Crippen molar-refractivity contribution in [3.8, 4) is 11.4 Å². The quantitative estimate of drug-likeness (QED) is 0.628. The van der Waals surface area contributed by atoms with Gasteiger partial charge in [-0.25, -0.2) is 4.98 Å².